The summed E-state index contributed by atoms with van der Waals surface area (Å²) < 4.78 is 11.7. The molecule has 0 saturated heterocycles. The van der Waals surface area contributed by atoms with E-state index in [9.17, 15) is 0 Å². The highest BCUT2D eigenvalue weighted by Crippen LogP contribution is 2.14. The summed E-state index contributed by atoms with van der Waals surface area (Å²) in [5, 5.41) is 0. The molecule has 0 aliphatic rings. The van der Waals surface area contributed by atoms with Crippen molar-refractivity contribution < 1.29 is 9.47 Å². The molecule has 1 rings (SSSR count). The molecule has 0 spiro atoms. The number of rotatable bonds is 8. The van der Waals surface area contributed by atoms with Gasteiger partial charge in [-0.05, 0) is 31.9 Å². The zero-order valence-corrected chi connectivity index (χ0v) is 11.2. The van der Waals surface area contributed by atoms with Gasteiger partial charge in [-0.1, -0.05) is 38.5 Å². The van der Waals surface area contributed by atoms with Crippen molar-refractivity contribution in [2.24, 2.45) is 0 Å². The van der Waals surface area contributed by atoms with Crippen LogP contribution in [0, 0.1) is 0 Å². The van der Waals surface area contributed by atoms with E-state index in [-0.39, 0.29) is 6.10 Å². The minimum Gasteiger partial charge on any atom is -0.488 e. The van der Waals surface area contributed by atoms with Crippen molar-refractivity contribution in [1.29, 1.82) is 0 Å². The minimum atomic E-state index is 0.163. The van der Waals surface area contributed by atoms with Gasteiger partial charge in [0.25, 0.3) is 0 Å². The average molecular weight is 236 g/mol. The minimum absolute atomic E-state index is 0.163. The summed E-state index contributed by atoms with van der Waals surface area (Å²) in [5.74, 6) is 0.929. The lowest BCUT2D eigenvalue weighted by molar-refractivity contribution is 0.00396. The summed E-state index contributed by atoms with van der Waals surface area (Å²) in [7, 11) is 0. The summed E-state index contributed by atoms with van der Waals surface area (Å²) in [6.07, 6.45) is 3.67. The first-order valence-electron chi connectivity index (χ1n) is 6.59. The number of ether oxygens (including phenoxy) is 2. The second kappa shape index (κ2) is 8.13. The van der Waals surface area contributed by atoms with Crippen molar-refractivity contribution >= 4 is 0 Å². The van der Waals surface area contributed by atoms with Crippen LogP contribution in [0.25, 0.3) is 0 Å². The van der Waals surface area contributed by atoms with Gasteiger partial charge in [0.2, 0.25) is 0 Å². The normalized spacial score (nSPS) is 14.3. The van der Waals surface area contributed by atoms with Gasteiger partial charge in [0, 0.05) is 0 Å². The maximum absolute atomic E-state index is 5.92. The molecule has 0 aromatic heterocycles. The topological polar surface area (TPSA) is 18.5 Å². The molecule has 0 saturated carbocycles. The highest BCUT2D eigenvalue weighted by Gasteiger charge is 2.11. The van der Waals surface area contributed by atoms with E-state index in [0.717, 1.165) is 25.0 Å². The fourth-order valence-corrected chi connectivity index (χ4v) is 1.58. The molecule has 2 nitrogen and oxygen atoms in total. The van der Waals surface area contributed by atoms with Crippen molar-refractivity contribution in [3.63, 3.8) is 0 Å². The lowest BCUT2D eigenvalue weighted by Crippen LogP contribution is -2.25. The molecular weight excluding hydrogens is 212 g/mol. The fourth-order valence-electron chi connectivity index (χ4n) is 1.58. The lowest BCUT2D eigenvalue weighted by Gasteiger charge is -2.20. The Bertz CT molecular complexity index is 284. The Hall–Kier alpha value is -1.02. The van der Waals surface area contributed by atoms with Crippen molar-refractivity contribution in [3.05, 3.63) is 30.3 Å². The van der Waals surface area contributed by atoms with Crippen LogP contribution in [0.15, 0.2) is 30.3 Å². The number of benzene rings is 1. The van der Waals surface area contributed by atoms with Crippen LogP contribution in [0.4, 0.5) is 0 Å². The summed E-state index contributed by atoms with van der Waals surface area (Å²) in [6, 6.07) is 9.97. The van der Waals surface area contributed by atoms with Gasteiger partial charge >= 0.3 is 0 Å². The Balaban J connectivity index is 2.43. The summed E-state index contributed by atoms with van der Waals surface area (Å²) in [5.41, 5.74) is 0. The maximum atomic E-state index is 5.92. The largest absolute Gasteiger partial charge is 0.488 e. The second-order valence-electron chi connectivity index (χ2n) is 4.39. The van der Waals surface area contributed by atoms with Crippen LogP contribution < -0.4 is 4.74 Å². The van der Waals surface area contributed by atoms with Crippen molar-refractivity contribution in [3.8, 4) is 5.75 Å². The van der Waals surface area contributed by atoms with Gasteiger partial charge in [-0.2, -0.15) is 0 Å². The molecule has 0 heterocycles. The van der Waals surface area contributed by atoms with E-state index < -0.39 is 0 Å². The van der Waals surface area contributed by atoms with E-state index in [1.165, 1.54) is 0 Å². The third-order valence-corrected chi connectivity index (χ3v) is 2.80. The number of hydrogen-bond acceptors (Lipinski definition) is 2. The maximum Gasteiger partial charge on any atom is 0.122 e. The highest BCUT2D eigenvalue weighted by molar-refractivity contribution is 5.21. The smallest absolute Gasteiger partial charge is 0.122 e. The predicted octanol–water partition coefficient (Wildman–Crippen LogP) is 4.05. The van der Waals surface area contributed by atoms with Gasteiger partial charge in [-0.15, -0.1) is 0 Å². The monoisotopic (exact) mass is 236 g/mol. The first-order valence-corrected chi connectivity index (χ1v) is 6.59. The van der Waals surface area contributed by atoms with E-state index in [2.05, 4.69) is 20.8 Å². The number of hydrogen-bond donors (Lipinski definition) is 0. The zero-order valence-electron chi connectivity index (χ0n) is 11.2. The average Bonchev–Trinajstić information content (AvgIpc) is 2.37. The van der Waals surface area contributed by atoms with Crippen LogP contribution in [0.1, 0.15) is 40.0 Å². The van der Waals surface area contributed by atoms with Crippen LogP contribution in [-0.2, 0) is 4.74 Å². The molecule has 2 heteroatoms. The lowest BCUT2D eigenvalue weighted by atomic mass is 10.2. The van der Waals surface area contributed by atoms with Crippen LogP contribution in [0.3, 0.4) is 0 Å². The van der Waals surface area contributed by atoms with Gasteiger partial charge in [0.15, 0.2) is 0 Å². The highest BCUT2D eigenvalue weighted by atomic mass is 16.5. The second-order valence-corrected chi connectivity index (χ2v) is 4.39. The molecule has 0 radical (unpaired) electrons. The van der Waals surface area contributed by atoms with Crippen LogP contribution in [-0.4, -0.2) is 18.8 Å². The summed E-state index contributed by atoms with van der Waals surface area (Å²) in [6.45, 7) is 7.09. The van der Waals surface area contributed by atoms with E-state index in [4.69, 9.17) is 9.47 Å². The van der Waals surface area contributed by atoms with E-state index in [1.807, 2.05) is 30.3 Å². The molecule has 1 aromatic carbocycles. The Morgan fingerprint density at radius 2 is 1.82 bits per heavy atom. The zero-order chi connectivity index (χ0) is 12.5. The number of para-hydroxylation sites is 1. The summed E-state index contributed by atoms with van der Waals surface area (Å²) in [4.78, 5) is 0. The Labute approximate surface area is 105 Å². The van der Waals surface area contributed by atoms with E-state index in [0.29, 0.717) is 12.7 Å². The quantitative estimate of drug-likeness (QED) is 0.678. The van der Waals surface area contributed by atoms with Crippen LogP contribution in [0.2, 0.25) is 0 Å². The Morgan fingerprint density at radius 3 is 2.41 bits per heavy atom. The third-order valence-electron chi connectivity index (χ3n) is 2.80. The van der Waals surface area contributed by atoms with Gasteiger partial charge in [-0.3, -0.25) is 0 Å². The molecule has 0 amide bonds. The SMILES string of the molecule is CCCC(COC(C)CC)Oc1ccccc1. The van der Waals surface area contributed by atoms with E-state index in [1.54, 1.807) is 0 Å². The molecule has 0 aliphatic carbocycles. The van der Waals surface area contributed by atoms with Gasteiger partial charge in [0.05, 0.1) is 12.7 Å². The molecule has 2 unspecified atom stereocenters. The van der Waals surface area contributed by atoms with Crippen molar-refractivity contribution in [2.45, 2.75) is 52.2 Å². The van der Waals surface area contributed by atoms with Crippen molar-refractivity contribution in [2.75, 3.05) is 6.61 Å². The molecule has 0 bridgehead atoms. The Kier molecular flexibility index (Phi) is 6.71. The molecule has 0 fully saturated rings. The van der Waals surface area contributed by atoms with Crippen molar-refractivity contribution in [1.82, 2.24) is 0 Å². The molecule has 17 heavy (non-hydrogen) atoms. The Morgan fingerprint density at radius 1 is 1.12 bits per heavy atom. The van der Waals surface area contributed by atoms with Gasteiger partial charge < -0.3 is 9.47 Å². The third kappa shape index (κ3) is 5.73. The van der Waals surface area contributed by atoms with Gasteiger partial charge in [-0.25, -0.2) is 0 Å². The predicted molar refractivity (Wildman–Crippen MR) is 71.5 cm³/mol. The first-order chi connectivity index (χ1) is 8.26. The van der Waals surface area contributed by atoms with Crippen LogP contribution in [0.5, 0.6) is 5.75 Å². The molecule has 0 aliphatic heterocycles. The molecule has 96 valence electrons. The molecule has 1 aromatic rings. The summed E-state index contributed by atoms with van der Waals surface area (Å²) >= 11 is 0. The molecule has 2 atom stereocenters. The standard InChI is InChI=1S/C15H24O2/c1-4-9-15(12-16-13(3)5-2)17-14-10-7-6-8-11-14/h6-8,10-11,13,15H,4-5,9,12H2,1-3H3. The first kappa shape index (κ1) is 14.0. The van der Waals surface area contributed by atoms with E-state index >= 15 is 0 Å². The molecular formula is C15H24O2. The molecule has 0 N–H and O–H groups in total. The fraction of sp³-hybridized carbons (Fsp3) is 0.600. The van der Waals surface area contributed by atoms with Crippen LogP contribution >= 0.6 is 0 Å². The van der Waals surface area contributed by atoms with Gasteiger partial charge in [0.1, 0.15) is 11.9 Å².